The molecule has 2 nitrogen and oxygen atoms in total. The molecule has 0 saturated carbocycles. The van der Waals surface area contributed by atoms with E-state index < -0.39 is 0 Å². The zero-order valence-electron chi connectivity index (χ0n) is 8.61. The van der Waals surface area contributed by atoms with Crippen LogP contribution in [0, 0.1) is 0 Å². The first-order valence-electron chi connectivity index (χ1n) is 4.82. The van der Waals surface area contributed by atoms with Crippen LogP contribution in [-0.4, -0.2) is 18.6 Å². The van der Waals surface area contributed by atoms with Crippen molar-refractivity contribution in [1.82, 2.24) is 5.32 Å². The van der Waals surface area contributed by atoms with Crippen molar-refractivity contribution in [2.75, 3.05) is 13.1 Å². The van der Waals surface area contributed by atoms with E-state index in [2.05, 4.69) is 29.6 Å². The van der Waals surface area contributed by atoms with Gasteiger partial charge in [0.15, 0.2) is 0 Å². The van der Waals surface area contributed by atoms with Crippen LogP contribution in [0.15, 0.2) is 30.3 Å². The smallest absolute Gasteiger partial charge is 0.0333 e. The van der Waals surface area contributed by atoms with Crippen LogP contribution in [0.4, 0.5) is 0 Å². The minimum Gasteiger partial charge on any atom is -0.324 e. The Bertz CT molecular complexity index is 271. The molecule has 1 aromatic carbocycles. The summed E-state index contributed by atoms with van der Waals surface area (Å²) in [5, 5.41) is 3.31. The van der Waals surface area contributed by atoms with E-state index in [1.165, 1.54) is 5.56 Å². The van der Waals surface area contributed by atoms with Crippen LogP contribution in [0.3, 0.4) is 0 Å². The summed E-state index contributed by atoms with van der Waals surface area (Å²) in [6.07, 6.45) is 2.07. The van der Waals surface area contributed by atoms with Gasteiger partial charge >= 0.3 is 0 Å². The van der Waals surface area contributed by atoms with Gasteiger partial charge in [-0.05, 0) is 24.9 Å². The molecule has 0 aliphatic carbocycles. The van der Waals surface area contributed by atoms with Crippen LogP contribution in [0.2, 0.25) is 0 Å². The Morgan fingerprint density at radius 3 is 2.40 bits per heavy atom. The number of nitrogens with two attached hydrogens (primary N) is 1. The second kappa shape index (κ2) is 6.33. The van der Waals surface area contributed by atoms with Crippen LogP contribution in [0.1, 0.15) is 12.0 Å². The van der Waals surface area contributed by atoms with Gasteiger partial charge in [0, 0.05) is 12.1 Å². The zero-order chi connectivity index (χ0) is 9.15. The topological polar surface area (TPSA) is 38.0 Å². The highest BCUT2D eigenvalue weighted by Gasteiger charge is 2.28. The van der Waals surface area contributed by atoms with Crippen molar-refractivity contribution in [3.8, 4) is 0 Å². The predicted octanol–water partition coefficient (Wildman–Crippen LogP) is 1.76. The Balaban J connectivity index is 0.000000980. The van der Waals surface area contributed by atoms with Crippen molar-refractivity contribution in [1.29, 1.82) is 0 Å². The number of benzene rings is 1. The summed E-state index contributed by atoms with van der Waals surface area (Å²) in [7, 11) is 0. The molecule has 0 radical (unpaired) electrons. The molecule has 1 fully saturated rings. The van der Waals surface area contributed by atoms with Gasteiger partial charge in [-0.25, -0.2) is 0 Å². The lowest BCUT2D eigenvalue weighted by Crippen LogP contribution is -2.43. The summed E-state index contributed by atoms with van der Waals surface area (Å²) < 4.78 is 0. The van der Waals surface area contributed by atoms with Gasteiger partial charge in [-0.2, -0.15) is 0 Å². The number of hydrogen-bond acceptors (Lipinski definition) is 2. The summed E-state index contributed by atoms with van der Waals surface area (Å²) in [5.74, 6) is 0. The average Bonchev–Trinajstić information content (AvgIpc) is 2.54. The fraction of sp³-hybridized carbons (Fsp3) is 0.455. The van der Waals surface area contributed by atoms with Gasteiger partial charge in [-0.3, -0.25) is 0 Å². The first-order chi connectivity index (χ1) is 6.29. The molecule has 1 heterocycles. The zero-order valence-corrected chi connectivity index (χ0v) is 10.2. The standard InChI is InChI=1S/C11H16N2.2ClH/c12-11(6-7-13-9-11)8-10-4-2-1-3-5-10;;/h1-5,13H,6-9,12H2;2*1H. The lowest BCUT2D eigenvalue weighted by atomic mass is 9.91. The molecule has 1 aliphatic rings. The second-order valence-electron chi connectivity index (χ2n) is 3.95. The van der Waals surface area contributed by atoms with Crippen molar-refractivity contribution in [3.05, 3.63) is 35.9 Å². The lowest BCUT2D eigenvalue weighted by molar-refractivity contribution is 0.465. The molecule has 2 rings (SSSR count). The van der Waals surface area contributed by atoms with E-state index in [0.717, 1.165) is 25.9 Å². The number of hydrogen-bond donors (Lipinski definition) is 2. The Morgan fingerprint density at radius 1 is 1.20 bits per heavy atom. The minimum atomic E-state index is -0.0125. The monoisotopic (exact) mass is 248 g/mol. The molecule has 0 amide bonds. The maximum Gasteiger partial charge on any atom is 0.0333 e. The van der Waals surface area contributed by atoms with Crippen molar-refractivity contribution < 1.29 is 0 Å². The summed E-state index contributed by atoms with van der Waals surface area (Å²) in [4.78, 5) is 0. The Morgan fingerprint density at radius 2 is 1.87 bits per heavy atom. The molecule has 1 atom stereocenters. The van der Waals surface area contributed by atoms with Crippen LogP contribution >= 0.6 is 24.8 Å². The highest BCUT2D eigenvalue weighted by atomic mass is 35.5. The van der Waals surface area contributed by atoms with Crippen LogP contribution < -0.4 is 11.1 Å². The maximum absolute atomic E-state index is 6.23. The van der Waals surface area contributed by atoms with Gasteiger partial charge in [0.05, 0.1) is 0 Å². The first-order valence-corrected chi connectivity index (χ1v) is 4.82. The molecule has 86 valence electrons. The highest BCUT2D eigenvalue weighted by molar-refractivity contribution is 5.85. The Hall–Kier alpha value is -0.280. The molecule has 1 saturated heterocycles. The minimum absolute atomic E-state index is 0. The molecule has 0 aromatic heterocycles. The third-order valence-electron chi connectivity index (χ3n) is 2.68. The summed E-state index contributed by atoms with van der Waals surface area (Å²) >= 11 is 0. The van der Waals surface area contributed by atoms with E-state index in [1.807, 2.05) is 6.07 Å². The fourth-order valence-corrected chi connectivity index (χ4v) is 1.92. The normalized spacial score (nSPS) is 24.1. The van der Waals surface area contributed by atoms with E-state index >= 15 is 0 Å². The highest BCUT2D eigenvalue weighted by Crippen LogP contribution is 2.17. The van der Waals surface area contributed by atoms with Gasteiger partial charge in [-0.1, -0.05) is 30.3 Å². The van der Waals surface area contributed by atoms with E-state index in [-0.39, 0.29) is 30.4 Å². The second-order valence-corrected chi connectivity index (χ2v) is 3.95. The molecular formula is C11H18Cl2N2. The van der Waals surface area contributed by atoms with Crippen LogP contribution in [0.5, 0.6) is 0 Å². The average molecular weight is 249 g/mol. The largest absolute Gasteiger partial charge is 0.324 e. The van der Waals surface area contributed by atoms with Crippen molar-refractivity contribution >= 4 is 24.8 Å². The molecule has 15 heavy (non-hydrogen) atoms. The van der Waals surface area contributed by atoms with Gasteiger partial charge in [0.2, 0.25) is 0 Å². The van der Waals surface area contributed by atoms with Gasteiger partial charge < -0.3 is 11.1 Å². The lowest BCUT2D eigenvalue weighted by Gasteiger charge is -2.22. The SMILES string of the molecule is Cl.Cl.NC1(Cc2ccccc2)CCNC1. The summed E-state index contributed by atoms with van der Waals surface area (Å²) in [6.45, 7) is 2.01. The Labute approximate surface area is 103 Å². The quantitative estimate of drug-likeness (QED) is 0.838. The molecular weight excluding hydrogens is 231 g/mol. The van der Waals surface area contributed by atoms with E-state index in [1.54, 1.807) is 0 Å². The van der Waals surface area contributed by atoms with E-state index in [4.69, 9.17) is 5.73 Å². The number of nitrogens with one attached hydrogen (secondary N) is 1. The Kier molecular flexibility index (Phi) is 6.22. The molecule has 0 bridgehead atoms. The molecule has 1 aromatic rings. The number of rotatable bonds is 2. The first kappa shape index (κ1) is 14.7. The van der Waals surface area contributed by atoms with Crippen molar-refractivity contribution in [3.63, 3.8) is 0 Å². The molecule has 4 heteroatoms. The van der Waals surface area contributed by atoms with E-state index in [0.29, 0.717) is 0 Å². The fourth-order valence-electron chi connectivity index (χ4n) is 1.92. The molecule has 1 aliphatic heterocycles. The molecule has 0 spiro atoms. The van der Waals surface area contributed by atoms with E-state index in [9.17, 15) is 0 Å². The predicted molar refractivity (Wildman–Crippen MR) is 69.0 cm³/mol. The van der Waals surface area contributed by atoms with Gasteiger partial charge in [-0.15, -0.1) is 24.8 Å². The van der Waals surface area contributed by atoms with Crippen LogP contribution in [0.25, 0.3) is 0 Å². The van der Waals surface area contributed by atoms with Crippen molar-refractivity contribution in [2.45, 2.75) is 18.4 Å². The summed E-state index contributed by atoms with van der Waals surface area (Å²) in [6, 6.07) is 10.5. The molecule has 3 N–H and O–H groups in total. The van der Waals surface area contributed by atoms with Crippen LogP contribution in [-0.2, 0) is 6.42 Å². The number of halogens is 2. The van der Waals surface area contributed by atoms with Gasteiger partial charge in [0.1, 0.15) is 0 Å². The van der Waals surface area contributed by atoms with Gasteiger partial charge in [0.25, 0.3) is 0 Å². The third-order valence-corrected chi connectivity index (χ3v) is 2.68. The molecule has 1 unspecified atom stereocenters. The maximum atomic E-state index is 6.23. The summed E-state index contributed by atoms with van der Waals surface area (Å²) in [5.41, 5.74) is 7.56. The third kappa shape index (κ3) is 3.99. The van der Waals surface area contributed by atoms with Crippen molar-refractivity contribution in [2.24, 2.45) is 5.73 Å².